The van der Waals surface area contributed by atoms with Crippen LogP contribution in [0.2, 0.25) is 0 Å². The van der Waals surface area contributed by atoms with Crippen molar-refractivity contribution < 1.29 is 23.5 Å². The molecular weight excluding hydrogens is 294 g/mol. The first-order chi connectivity index (χ1) is 10.2. The number of rotatable bonds is 3. The van der Waals surface area contributed by atoms with E-state index in [4.69, 9.17) is 0 Å². The summed E-state index contributed by atoms with van der Waals surface area (Å²) in [6, 6.07) is 0. The molecule has 1 aliphatic heterocycles. The molecule has 2 N–H and O–H groups in total. The zero-order valence-electron chi connectivity index (χ0n) is 12.9. The van der Waals surface area contributed by atoms with Crippen molar-refractivity contribution in [3.8, 4) is 0 Å². The zero-order valence-corrected chi connectivity index (χ0v) is 12.9. The van der Waals surface area contributed by atoms with Crippen LogP contribution in [0.1, 0.15) is 45.4 Å². The number of β-amino-alcohol motifs (C(OH)–C–C–N with tert-alkyl or cyclic N) is 1. The standard InChI is InChI=1S/C15H24F2N2O3/c1-11(20)19-8-2-5-14(22,10-19)13(21)18-9-12-3-6-15(16,17)7-4-12/h12,22H,2-10H2,1H3,(H,18,21)/t14-/m1/s1. The van der Waals surface area contributed by atoms with E-state index in [1.165, 1.54) is 11.8 Å². The fraction of sp³-hybridized carbons (Fsp3) is 0.867. The molecule has 2 rings (SSSR count). The molecule has 1 aliphatic carbocycles. The van der Waals surface area contributed by atoms with E-state index in [-0.39, 0.29) is 31.2 Å². The smallest absolute Gasteiger partial charge is 0.253 e. The van der Waals surface area contributed by atoms with Crippen molar-refractivity contribution in [1.82, 2.24) is 10.2 Å². The molecule has 0 aromatic rings. The molecule has 1 atom stereocenters. The average molecular weight is 318 g/mol. The van der Waals surface area contributed by atoms with Gasteiger partial charge in [0, 0.05) is 32.9 Å². The number of aliphatic hydroxyl groups is 1. The number of piperidine rings is 1. The lowest BCUT2D eigenvalue weighted by Crippen LogP contribution is -2.58. The van der Waals surface area contributed by atoms with Crippen LogP contribution in [0.5, 0.6) is 0 Å². The van der Waals surface area contributed by atoms with Crippen LogP contribution >= 0.6 is 0 Å². The molecule has 2 amide bonds. The zero-order chi connectivity index (χ0) is 16.4. The number of carbonyl (C=O) groups excluding carboxylic acids is 2. The third-order valence-corrected chi connectivity index (χ3v) is 4.73. The maximum absolute atomic E-state index is 13.1. The minimum Gasteiger partial charge on any atom is -0.378 e. The molecule has 126 valence electrons. The quantitative estimate of drug-likeness (QED) is 0.824. The van der Waals surface area contributed by atoms with Gasteiger partial charge in [-0.1, -0.05) is 0 Å². The topological polar surface area (TPSA) is 69.6 Å². The van der Waals surface area contributed by atoms with Gasteiger partial charge in [0.15, 0.2) is 5.60 Å². The van der Waals surface area contributed by atoms with Crippen molar-refractivity contribution in [2.24, 2.45) is 5.92 Å². The molecule has 2 fully saturated rings. The lowest BCUT2D eigenvalue weighted by molar-refractivity contribution is -0.150. The summed E-state index contributed by atoms with van der Waals surface area (Å²) in [6.45, 7) is 2.25. The lowest BCUT2D eigenvalue weighted by Gasteiger charge is -2.38. The van der Waals surface area contributed by atoms with Crippen LogP contribution in [-0.2, 0) is 9.59 Å². The number of nitrogens with zero attached hydrogens (tertiary/aromatic N) is 1. The molecule has 0 spiro atoms. The lowest BCUT2D eigenvalue weighted by atomic mass is 9.86. The number of hydrogen-bond acceptors (Lipinski definition) is 3. The first-order valence-corrected chi connectivity index (χ1v) is 7.86. The summed E-state index contributed by atoms with van der Waals surface area (Å²) in [5.41, 5.74) is -1.57. The SMILES string of the molecule is CC(=O)N1CCC[C@](O)(C(=O)NCC2CCC(F)(F)CC2)C1. The predicted octanol–water partition coefficient (Wildman–Crippen LogP) is 1.30. The molecule has 0 bridgehead atoms. The van der Waals surface area contributed by atoms with E-state index < -0.39 is 17.4 Å². The average Bonchev–Trinajstić information content (AvgIpc) is 2.45. The summed E-state index contributed by atoms with van der Waals surface area (Å²) >= 11 is 0. The van der Waals surface area contributed by atoms with Crippen molar-refractivity contribution >= 4 is 11.8 Å². The van der Waals surface area contributed by atoms with E-state index in [0.29, 0.717) is 38.8 Å². The van der Waals surface area contributed by atoms with Crippen molar-refractivity contribution in [2.45, 2.75) is 57.0 Å². The number of carbonyl (C=O) groups is 2. The largest absolute Gasteiger partial charge is 0.378 e. The summed E-state index contributed by atoms with van der Waals surface area (Å²) in [5, 5.41) is 13.1. The normalized spacial score (nSPS) is 29.2. The van der Waals surface area contributed by atoms with E-state index >= 15 is 0 Å². The van der Waals surface area contributed by atoms with Crippen LogP contribution in [-0.4, -0.2) is 53.0 Å². The van der Waals surface area contributed by atoms with Crippen LogP contribution in [0.3, 0.4) is 0 Å². The fourth-order valence-electron chi connectivity index (χ4n) is 3.20. The third kappa shape index (κ3) is 4.15. The molecule has 7 heteroatoms. The Kier molecular flexibility index (Phi) is 5.04. The van der Waals surface area contributed by atoms with Crippen LogP contribution in [0.25, 0.3) is 0 Å². The Morgan fingerprint density at radius 3 is 2.50 bits per heavy atom. The van der Waals surface area contributed by atoms with Crippen LogP contribution < -0.4 is 5.32 Å². The predicted molar refractivity (Wildman–Crippen MR) is 76.4 cm³/mol. The van der Waals surface area contributed by atoms with Gasteiger partial charge in [0.05, 0.1) is 6.54 Å². The molecule has 2 aliphatic rings. The van der Waals surface area contributed by atoms with E-state index in [2.05, 4.69) is 5.32 Å². The second-order valence-corrected chi connectivity index (χ2v) is 6.59. The minimum absolute atomic E-state index is 0.00307. The van der Waals surface area contributed by atoms with E-state index in [1.54, 1.807) is 0 Å². The molecule has 0 radical (unpaired) electrons. The van der Waals surface area contributed by atoms with Crippen LogP contribution in [0.4, 0.5) is 8.78 Å². The summed E-state index contributed by atoms with van der Waals surface area (Å²) in [5.74, 6) is -3.22. The molecular formula is C15H24F2N2O3. The molecule has 22 heavy (non-hydrogen) atoms. The first kappa shape index (κ1) is 17.1. The van der Waals surface area contributed by atoms with E-state index in [9.17, 15) is 23.5 Å². The highest BCUT2D eigenvalue weighted by Gasteiger charge is 2.41. The van der Waals surface area contributed by atoms with Gasteiger partial charge in [-0.3, -0.25) is 9.59 Å². The first-order valence-electron chi connectivity index (χ1n) is 7.86. The number of hydrogen-bond donors (Lipinski definition) is 2. The maximum atomic E-state index is 13.1. The highest BCUT2D eigenvalue weighted by molar-refractivity contribution is 5.86. The summed E-state index contributed by atoms with van der Waals surface area (Å²) in [7, 11) is 0. The third-order valence-electron chi connectivity index (χ3n) is 4.73. The Balaban J connectivity index is 1.82. The van der Waals surface area contributed by atoms with Crippen LogP contribution in [0, 0.1) is 5.92 Å². The summed E-state index contributed by atoms with van der Waals surface area (Å²) in [6.07, 6.45) is 1.35. The second-order valence-electron chi connectivity index (χ2n) is 6.59. The molecule has 1 heterocycles. The molecule has 0 unspecified atom stereocenters. The Labute approximate surface area is 129 Å². The molecule has 5 nitrogen and oxygen atoms in total. The molecule has 0 aromatic heterocycles. The molecule has 0 aromatic carbocycles. The number of nitrogens with one attached hydrogen (secondary N) is 1. The Morgan fingerprint density at radius 2 is 1.91 bits per heavy atom. The molecule has 1 saturated carbocycles. The number of amides is 2. The van der Waals surface area contributed by atoms with Gasteiger partial charge in [-0.25, -0.2) is 8.78 Å². The Bertz CT molecular complexity index is 435. The van der Waals surface area contributed by atoms with Gasteiger partial charge in [0.25, 0.3) is 5.91 Å². The van der Waals surface area contributed by atoms with Crippen LogP contribution in [0.15, 0.2) is 0 Å². The van der Waals surface area contributed by atoms with Gasteiger partial charge in [-0.05, 0) is 31.6 Å². The van der Waals surface area contributed by atoms with Crippen molar-refractivity contribution in [3.05, 3.63) is 0 Å². The fourth-order valence-corrected chi connectivity index (χ4v) is 3.20. The Morgan fingerprint density at radius 1 is 1.27 bits per heavy atom. The maximum Gasteiger partial charge on any atom is 0.253 e. The van der Waals surface area contributed by atoms with Crippen molar-refractivity contribution in [2.75, 3.05) is 19.6 Å². The number of halogens is 2. The van der Waals surface area contributed by atoms with Gasteiger partial charge in [0.1, 0.15) is 0 Å². The molecule has 1 saturated heterocycles. The van der Waals surface area contributed by atoms with Gasteiger partial charge >= 0.3 is 0 Å². The monoisotopic (exact) mass is 318 g/mol. The van der Waals surface area contributed by atoms with Gasteiger partial charge in [-0.2, -0.15) is 0 Å². The summed E-state index contributed by atoms with van der Waals surface area (Å²) in [4.78, 5) is 25.1. The van der Waals surface area contributed by atoms with Crippen molar-refractivity contribution in [1.29, 1.82) is 0 Å². The van der Waals surface area contributed by atoms with Crippen molar-refractivity contribution in [3.63, 3.8) is 0 Å². The number of alkyl halides is 2. The van der Waals surface area contributed by atoms with Gasteiger partial charge in [0.2, 0.25) is 11.8 Å². The highest BCUT2D eigenvalue weighted by atomic mass is 19.3. The second kappa shape index (κ2) is 6.48. The number of likely N-dealkylation sites (tertiary alicyclic amines) is 1. The highest BCUT2D eigenvalue weighted by Crippen LogP contribution is 2.35. The van der Waals surface area contributed by atoms with E-state index in [1.807, 2.05) is 0 Å². The van der Waals surface area contributed by atoms with Gasteiger partial charge in [-0.15, -0.1) is 0 Å². The summed E-state index contributed by atoms with van der Waals surface area (Å²) < 4.78 is 26.2. The minimum atomic E-state index is -2.58. The Hall–Kier alpha value is -1.24. The van der Waals surface area contributed by atoms with E-state index in [0.717, 1.165) is 0 Å². The van der Waals surface area contributed by atoms with Gasteiger partial charge < -0.3 is 15.3 Å².